The highest BCUT2D eigenvalue weighted by molar-refractivity contribution is 5.76. The molecule has 0 bridgehead atoms. The lowest BCUT2D eigenvalue weighted by Gasteiger charge is -2.20. The van der Waals surface area contributed by atoms with Crippen LogP contribution in [0.3, 0.4) is 0 Å². The highest BCUT2D eigenvalue weighted by atomic mass is 16.5. The Morgan fingerprint density at radius 3 is 1.05 bits per heavy atom. The van der Waals surface area contributed by atoms with Gasteiger partial charge in [0.05, 0.1) is 25.4 Å². The van der Waals surface area contributed by atoms with Gasteiger partial charge in [0.1, 0.15) is 0 Å². The SMILES string of the molecule is CCCCCC/C=C\C/C=C\CCCCCCCC(=O)OCCCCCCCCCCCCCCCCCCCCCC(=O)NC(CO)C(O)/C=C/CCCCCCCCCCCCCCCCCCCCC. The zero-order valence-corrected chi connectivity index (χ0v) is 49.1. The lowest BCUT2D eigenvalue weighted by Crippen LogP contribution is -2.45. The molecule has 0 rings (SSSR count). The zero-order chi connectivity index (χ0) is 52.9. The fourth-order valence-electron chi connectivity index (χ4n) is 10.1. The van der Waals surface area contributed by atoms with Crippen molar-refractivity contribution in [3.05, 3.63) is 36.5 Å². The van der Waals surface area contributed by atoms with Crippen LogP contribution in [0.25, 0.3) is 0 Å². The minimum atomic E-state index is -0.848. The van der Waals surface area contributed by atoms with Gasteiger partial charge in [-0.25, -0.2) is 0 Å². The normalized spacial score (nSPS) is 12.8. The van der Waals surface area contributed by atoms with Gasteiger partial charge in [0.25, 0.3) is 0 Å². The van der Waals surface area contributed by atoms with Crippen molar-refractivity contribution in [1.82, 2.24) is 5.32 Å². The number of esters is 1. The molecule has 2 atom stereocenters. The van der Waals surface area contributed by atoms with Crippen LogP contribution in [0.1, 0.15) is 354 Å². The maximum Gasteiger partial charge on any atom is 0.305 e. The number of unbranched alkanes of at least 4 members (excludes halogenated alkanes) is 46. The molecule has 0 radical (unpaired) electrons. The van der Waals surface area contributed by atoms with Crippen molar-refractivity contribution in [1.29, 1.82) is 0 Å². The number of aliphatic hydroxyl groups excluding tert-OH is 2. The third kappa shape index (κ3) is 59.2. The first-order valence-corrected chi connectivity index (χ1v) is 32.8. The lowest BCUT2D eigenvalue weighted by molar-refractivity contribution is -0.143. The van der Waals surface area contributed by atoms with Crippen LogP contribution in [0.15, 0.2) is 36.5 Å². The summed E-state index contributed by atoms with van der Waals surface area (Å²) in [4.78, 5) is 24.6. The quantitative estimate of drug-likeness (QED) is 0.0320. The lowest BCUT2D eigenvalue weighted by atomic mass is 10.0. The van der Waals surface area contributed by atoms with E-state index >= 15 is 0 Å². The Kier molecular flexibility index (Phi) is 61.0. The van der Waals surface area contributed by atoms with Gasteiger partial charge in [0.15, 0.2) is 0 Å². The van der Waals surface area contributed by atoms with Crippen LogP contribution < -0.4 is 5.32 Å². The van der Waals surface area contributed by atoms with Gasteiger partial charge in [-0.2, -0.15) is 0 Å². The summed E-state index contributed by atoms with van der Waals surface area (Å²) in [7, 11) is 0. The predicted octanol–water partition coefficient (Wildman–Crippen LogP) is 20.8. The van der Waals surface area contributed by atoms with Gasteiger partial charge in [-0.1, -0.05) is 314 Å². The van der Waals surface area contributed by atoms with E-state index in [0.717, 1.165) is 51.4 Å². The van der Waals surface area contributed by atoms with Gasteiger partial charge < -0.3 is 20.3 Å². The molecule has 0 aromatic rings. The number of carbonyl (C=O) groups is 2. The first-order chi connectivity index (χ1) is 36.0. The average molecular weight is 1030 g/mol. The van der Waals surface area contributed by atoms with Gasteiger partial charge in [0, 0.05) is 12.8 Å². The molecule has 2 unspecified atom stereocenters. The smallest absolute Gasteiger partial charge is 0.305 e. The van der Waals surface area contributed by atoms with Crippen molar-refractivity contribution in [2.24, 2.45) is 0 Å². The highest BCUT2D eigenvalue weighted by Gasteiger charge is 2.18. The molecule has 0 saturated heterocycles. The van der Waals surface area contributed by atoms with Crippen LogP contribution >= 0.6 is 0 Å². The number of hydrogen-bond acceptors (Lipinski definition) is 5. The van der Waals surface area contributed by atoms with E-state index in [0.29, 0.717) is 19.4 Å². The van der Waals surface area contributed by atoms with E-state index in [-0.39, 0.29) is 18.5 Å². The van der Waals surface area contributed by atoms with Crippen molar-refractivity contribution in [2.75, 3.05) is 13.2 Å². The number of carbonyl (C=O) groups excluding carboxylic acids is 2. The first-order valence-electron chi connectivity index (χ1n) is 32.8. The monoisotopic (exact) mass is 1030 g/mol. The van der Waals surface area contributed by atoms with Crippen molar-refractivity contribution < 1.29 is 24.5 Å². The molecule has 0 aromatic carbocycles. The molecule has 0 aliphatic heterocycles. The molecule has 0 aliphatic carbocycles. The zero-order valence-electron chi connectivity index (χ0n) is 49.1. The Bertz CT molecular complexity index is 1180. The summed E-state index contributed by atoms with van der Waals surface area (Å²) in [6, 6.07) is -0.632. The van der Waals surface area contributed by atoms with E-state index in [1.54, 1.807) is 6.08 Å². The van der Waals surface area contributed by atoms with Crippen LogP contribution in [0.4, 0.5) is 0 Å². The summed E-state index contributed by atoms with van der Waals surface area (Å²) in [5.41, 5.74) is 0. The molecule has 0 heterocycles. The van der Waals surface area contributed by atoms with Gasteiger partial charge in [0.2, 0.25) is 5.91 Å². The second-order valence-corrected chi connectivity index (χ2v) is 22.5. The fraction of sp³-hybridized carbons (Fsp3) is 0.881. The van der Waals surface area contributed by atoms with Crippen molar-refractivity contribution in [3.8, 4) is 0 Å². The molecular weight excluding hydrogens is 899 g/mol. The molecule has 0 aromatic heterocycles. The van der Waals surface area contributed by atoms with Crippen LogP contribution in [0.2, 0.25) is 0 Å². The Morgan fingerprint density at radius 2 is 0.685 bits per heavy atom. The Labute approximate surface area is 455 Å². The number of ether oxygens (including phenoxy) is 1. The summed E-state index contributed by atoms with van der Waals surface area (Å²) >= 11 is 0. The fourth-order valence-corrected chi connectivity index (χ4v) is 10.1. The van der Waals surface area contributed by atoms with E-state index in [1.807, 2.05) is 6.08 Å². The van der Waals surface area contributed by atoms with E-state index in [1.165, 1.54) is 276 Å². The van der Waals surface area contributed by atoms with Gasteiger partial charge in [-0.15, -0.1) is 0 Å². The number of rotatable bonds is 61. The molecule has 6 heteroatoms. The third-order valence-corrected chi connectivity index (χ3v) is 15.2. The minimum absolute atomic E-state index is 0.00473. The predicted molar refractivity (Wildman–Crippen MR) is 319 cm³/mol. The van der Waals surface area contributed by atoms with Gasteiger partial charge in [-0.3, -0.25) is 9.59 Å². The van der Waals surface area contributed by atoms with Crippen molar-refractivity contribution in [2.45, 2.75) is 366 Å². The summed E-state index contributed by atoms with van der Waals surface area (Å²) in [6.45, 7) is 4.90. The van der Waals surface area contributed by atoms with Crippen LogP contribution in [0, 0.1) is 0 Å². The molecule has 0 saturated carbocycles. The van der Waals surface area contributed by atoms with E-state index in [9.17, 15) is 19.8 Å². The van der Waals surface area contributed by atoms with E-state index < -0.39 is 12.1 Å². The molecule has 1 amide bonds. The number of aliphatic hydroxyl groups is 2. The second kappa shape index (κ2) is 62.6. The molecule has 430 valence electrons. The summed E-state index contributed by atoms with van der Waals surface area (Å²) in [5.74, 6) is -0.0729. The molecule has 73 heavy (non-hydrogen) atoms. The van der Waals surface area contributed by atoms with Crippen molar-refractivity contribution >= 4 is 11.9 Å². The van der Waals surface area contributed by atoms with E-state index in [4.69, 9.17) is 4.74 Å². The molecule has 6 nitrogen and oxygen atoms in total. The molecule has 0 spiro atoms. The van der Waals surface area contributed by atoms with Gasteiger partial charge in [-0.05, 0) is 64.2 Å². The van der Waals surface area contributed by atoms with E-state index in [2.05, 4.69) is 43.5 Å². The van der Waals surface area contributed by atoms with Gasteiger partial charge >= 0.3 is 5.97 Å². The third-order valence-electron chi connectivity index (χ3n) is 15.2. The first kappa shape index (κ1) is 71.1. The summed E-state index contributed by atoms with van der Waals surface area (Å²) < 4.78 is 5.48. The Morgan fingerprint density at radius 1 is 0.384 bits per heavy atom. The minimum Gasteiger partial charge on any atom is -0.466 e. The number of nitrogens with one attached hydrogen (secondary N) is 1. The number of amides is 1. The molecule has 0 fully saturated rings. The van der Waals surface area contributed by atoms with Crippen LogP contribution in [-0.4, -0.2) is 47.4 Å². The Hall–Kier alpha value is -1.92. The van der Waals surface area contributed by atoms with Crippen LogP contribution in [-0.2, 0) is 14.3 Å². The summed E-state index contributed by atoms with van der Waals surface area (Å²) in [6.07, 6.45) is 79.0. The topological polar surface area (TPSA) is 95.9 Å². The maximum absolute atomic E-state index is 12.5. The summed E-state index contributed by atoms with van der Waals surface area (Å²) in [5, 5.41) is 23.2. The largest absolute Gasteiger partial charge is 0.466 e. The molecule has 3 N–H and O–H groups in total. The Balaban J connectivity index is 3.44. The van der Waals surface area contributed by atoms with Crippen molar-refractivity contribution in [3.63, 3.8) is 0 Å². The van der Waals surface area contributed by atoms with Crippen LogP contribution in [0.5, 0.6) is 0 Å². The average Bonchev–Trinajstić information content (AvgIpc) is 3.39. The standard InChI is InChI=1S/C67H127NO5/c1-3-5-7-9-11-13-15-17-19-21-22-23-25-28-31-35-39-43-47-51-55-59-65(70)64(63-69)68-66(71)60-56-52-48-44-40-36-32-29-26-24-27-30-34-38-42-46-50-54-58-62-73-67(72)61-57-53-49-45-41-37-33-20-18-16-14-12-10-8-6-4-2/h14,16,20,33,55,59,64-65,69-70H,3-13,15,17-19,21-32,34-54,56-58,60-63H2,1-2H3,(H,68,71)/b16-14-,33-20-,59-55+. The second-order valence-electron chi connectivity index (χ2n) is 22.5. The maximum atomic E-state index is 12.5. The molecule has 0 aliphatic rings. The number of allylic oxidation sites excluding steroid dienone is 5. The highest BCUT2D eigenvalue weighted by Crippen LogP contribution is 2.18. The molecular formula is C67H127NO5. The number of hydrogen-bond donors (Lipinski definition) is 3.